The summed E-state index contributed by atoms with van der Waals surface area (Å²) < 4.78 is 1.98. The highest BCUT2D eigenvalue weighted by Gasteiger charge is 2.10. The van der Waals surface area contributed by atoms with Crippen molar-refractivity contribution in [2.75, 3.05) is 5.32 Å². The average molecular weight is 285 g/mol. The summed E-state index contributed by atoms with van der Waals surface area (Å²) in [6.07, 6.45) is 2.31. The number of benzene rings is 1. The third-order valence-electron chi connectivity index (χ3n) is 3.05. The van der Waals surface area contributed by atoms with Crippen molar-refractivity contribution in [1.82, 2.24) is 9.38 Å². The van der Waals surface area contributed by atoms with E-state index in [1.165, 1.54) is 0 Å². The van der Waals surface area contributed by atoms with Crippen LogP contribution in [-0.4, -0.2) is 15.3 Å². The Balaban J connectivity index is 1.75. The number of imidazole rings is 1. The maximum Gasteiger partial charge on any atom is 0.230 e. The van der Waals surface area contributed by atoms with Crippen LogP contribution in [0.4, 0.5) is 5.69 Å². The lowest BCUT2D eigenvalue weighted by atomic mass is 10.2. The van der Waals surface area contributed by atoms with Gasteiger partial charge in [-0.2, -0.15) is 0 Å². The fraction of sp³-hybridized carbons (Fsp3) is 0.200. The van der Waals surface area contributed by atoms with Crippen molar-refractivity contribution in [3.8, 4) is 0 Å². The zero-order chi connectivity index (χ0) is 14.1. The van der Waals surface area contributed by atoms with E-state index in [0.29, 0.717) is 6.42 Å². The second kappa shape index (κ2) is 5.09. The van der Waals surface area contributed by atoms with Gasteiger partial charge in [0.15, 0.2) is 4.96 Å². The third-order valence-corrected chi connectivity index (χ3v) is 3.94. The molecule has 102 valence electrons. The first-order valence-corrected chi connectivity index (χ1v) is 7.28. The maximum atomic E-state index is 12.1. The molecule has 0 atom stereocenters. The molecule has 2 heterocycles. The van der Waals surface area contributed by atoms with Crippen molar-refractivity contribution in [2.45, 2.75) is 20.3 Å². The molecule has 1 amide bonds. The molecule has 0 fully saturated rings. The van der Waals surface area contributed by atoms with Gasteiger partial charge in [0.25, 0.3) is 0 Å². The Hall–Kier alpha value is -2.14. The lowest BCUT2D eigenvalue weighted by Crippen LogP contribution is -2.15. The van der Waals surface area contributed by atoms with Gasteiger partial charge in [-0.05, 0) is 31.5 Å². The van der Waals surface area contributed by atoms with Gasteiger partial charge in [-0.25, -0.2) is 4.98 Å². The minimum absolute atomic E-state index is 0.0124. The van der Waals surface area contributed by atoms with E-state index in [2.05, 4.69) is 10.3 Å². The van der Waals surface area contributed by atoms with E-state index in [9.17, 15) is 4.79 Å². The van der Waals surface area contributed by atoms with Crippen LogP contribution in [0.15, 0.2) is 35.8 Å². The van der Waals surface area contributed by atoms with Gasteiger partial charge in [0.2, 0.25) is 5.91 Å². The molecule has 4 nitrogen and oxygen atoms in total. The van der Waals surface area contributed by atoms with Crippen LogP contribution >= 0.6 is 11.3 Å². The van der Waals surface area contributed by atoms with E-state index in [1.54, 1.807) is 11.3 Å². The van der Waals surface area contributed by atoms with Gasteiger partial charge in [0, 0.05) is 23.0 Å². The van der Waals surface area contributed by atoms with Crippen molar-refractivity contribution in [2.24, 2.45) is 0 Å². The molecule has 1 N–H and O–H groups in total. The number of hydrogen-bond donors (Lipinski definition) is 1. The van der Waals surface area contributed by atoms with E-state index in [-0.39, 0.29) is 5.91 Å². The summed E-state index contributed by atoms with van der Waals surface area (Å²) in [4.78, 5) is 17.4. The number of aromatic nitrogens is 2. The van der Waals surface area contributed by atoms with Crippen LogP contribution in [0.3, 0.4) is 0 Å². The monoisotopic (exact) mass is 285 g/mol. The molecular formula is C15H15N3OS. The Kier molecular flexibility index (Phi) is 3.28. The predicted octanol–water partition coefficient (Wildman–Crippen LogP) is 3.19. The number of aryl methyl sites for hydroxylation is 2. The molecule has 1 aromatic carbocycles. The predicted molar refractivity (Wildman–Crippen MR) is 81.3 cm³/mol. The number of thiazole rings is 1. The first kappa shape index (κ1) is 12.9. The normalized spacial score (nSPS) is 10.9. The van der Waals surface area contributed by atoms with E-state index in [1.807, 2.05) is 54.1 Å². The fourth-order valence-corrected chi connectivity index (χ4v) is 3.08. The van der Waals surface area contributed by atoms with Crippen LogP contribution in [0.5, 0.6) is 0 Å². The van der Waals surface area contributed by atoms with Crippen molar-refractivity contribution in [1.29, 1.82) is 0 Å². The minimum Gasteiger partial charge on any atom is -0.326 e. The van der Waals surface area contributed by atoms with Crippen molar-refractivity contribution in [3.05, 3.63) is 52.8 Å². The number of nitrogens with zero attached hydrogens (tertiary/aromatic N) is 2. The smallest absolute Gasteiger partial charge is 0.230 e. The summed E-state index contributed by atoms with van der Waals surface area (Å²) in [5, 5.41) is 4.91. The van der Waals surface area contributed by atoms with Crippen LogP contribution in [-0.2, 0) is 11.2 Å². The molecule has 0 saturated heterocycles. The van der Waals surface area contributed by atoms with Crippen molar-refractivity contribution in [3.63, 3.8) is 0 Å². The highest BCUT2D eigenvalue weighted by molar-refractivity contribution is 7.15. The van der Waals surface area contributed by atoms with Crippen LogP contribution in [0, 0.1) is 13.8 Å². The van der Waals surface area contributed by atoms with Gasteiger partial charge >= 0.3 is 0 Å². The number of hydrogen-bond acceptors (Lipinski definition) is 3. The Labute approximate surface area is 121 Å². The fourth-order valence-electron chi connectivity index (χ4n) is 2.16. The van der Waals surface area contributed by atoms with Gasteiger partial charge in [0.05, 0.1) is 12.1 Å². The summed E-state index contributed by atoms with van der Waals surface area (Å²) in [7, 11) is 0. The number of fused-ring (bicyclic) bond motifs is 1. The third kappa shape index (κ3) is 2.58. The van der Waals surface area contributed by atoms with E-state index in [0.717, 1.165) is 27.6 Å². The topological polar surface area (TPSA) is 46.4 Å². The largest absolute Gasteiger partial charge is 0.326 e. The van der Waals surface area contributed by atoms with Crippen molar-refractivity contribution >= 4 is 27.9 Å². The van der Waals surface area contributed by atoms with Gasteiger partial charge in [0.1, 0.15) is 0 Å². The number of rotatable bonds is 3. The molecule has 0 aliphatic rings. The van der Waals surface area contributed by atoms with Crippen LogP contribution in [0.1, 0.15) is 17.0 Å². The molecule has 0 aliphatic carbocycles. The quantitative estimate of drug-likeness (QED) is 0.803. The molecule has 0 aliphatic heterocycles. The summed E-state index contributed by atoms with van der Waals surface area (Å²) in [6.45, 7) is 3.96. The molecule has 3 aromatic rings. The summed E-state index contributed by atoms with van der Waals surface area (Å²) in [5.74, 6) is -0.0124. The van der Waals surface area contributed by atoms with Crippen LogP contribution in [0.25, 0.3) is 4.96 Å². The van der Waals surface area contributed by atoms with E-state index < -0.39 is 0 Å². The number of amides is 1. The van der Waals surface area contributed by atoms with Gasteiger partial charge in [-0.15, -0.1) is 11.3 Å². The molecule has 20 heavy (non-hydrogen) atoms. The van der Waals surface area contributed by atoms with E-state index >= 15 is 0 Å². The zero-order valence-electron chi connectivity index (χ0n) is 11.4. The molecule has 0 radical (unpaired) electrons. The Morgan fingerprint density at radius 3 is 3.05 bits per heavy atom. The molecule has 5 heteroatoms. The molecule has 0 saturated carbocycles. The average Bonchev–Trinajstić information content (AvgIpc) is 2.90. The maximum absolute atomic E-state index is 12.1. The molecule has 2 aromatic heterocycles. The summed E-state index contributed by atoms with van der Waals surface area (Å²) in [5.41, 5.74) is 3.90. The second-order valence-electron chi connectivity index (χ2n) is 4.86. The molecule has 0 spiro atoms. The van der Waals surface area contributed by atoms with Gasteiger partial charge in [-0.3, -0.25) is 9.20 Å². The number of carbonyl (C=O) groups is 1. The number of anilines is 1. The van der Waals surface area contributed by atoms with Crippen LogP contribution in [0.2, 0.25) is 0 Å². The molecule has 3 rings (SSSR count). The van der Waals surface area contributed by atoms with Crippen LogP contribution < -0.4 is 5.32 Å². The summed E-state index contributed by atoms with van der Waals surface area (Å²) >= 11 is 1.56. The Morgan fingerprint density at radius 2 is 2.25 bits per heavy atom. The summed E-state index contributed by atoms with van der Waals surface area (Å²) in [6, 6.07) is 7.80. The lowest BCUT2D eigenvalue weighted by Gasteiger charge is -2.05. The van der Waals surface area contributed by atoms with Gasteiger partial charge < -0.3 is 5.32 Å². The zero-order valence-corrected chi connectivity index (χ0v) is 12.2. The van der Waals surface area contributed by atoms with Crippen molar-refractivity contribution < 1.29 is 4.79 Å². The first-order valence-electron chi connectivity index (χ1n) is 6.40. The first-order chi connectivity index (χ1) is 9.61. The molecular weight excluding hydrogens is 270 g/mol. The van der Waals surface area contributed by atoms with Gasteiger partial charge in [-0.1, -0.05) is 12.1 Å². The SMILES string of the molecule is Cc1cccc(NC(=O)Cc2csc3nc(C)cn23)c1. The van der Waals surface area contributed by atoms with E-state index in [4.69, 9.17) is 0 Å². The lowest BCUT2D eigenvalue weighted by molar-refractivity contribution is -0.115. The highest BCUT2D eigenvalue weighted by atomic mass is 32.1. The highest BCUT2D eigenvalue weighted by Crippen LogP contribution is 2.17. The minimum atomic E-state index is -0.0124. The molecule has 0 bridgehead atoms. The Morgan fingerprint density at radius 1 is 1.40 bits per heavy atom. The number of nitrogens with one attached hydrogen (secondary N) is 1. The Bertz CT molecular complexity index is 772. The molecule has 0 unspecified atom stereocenters. The standard InChI is InChI=1S/C15H15N3OS/c1-10-4-3-5-12(6-10)17-14(19)7-13-9-20-15-16-11(2)8-18(13)15/h3-6,8-9H,7H2,1-2H3,(H,17,19). The second-order valence-corrected chi connectivity index (χ2v) is 5.69. The number of carbonyl (C=O) groups excluding carboxylic acids is 1.